The molecule has 0 radical (unpaired) electrons. The standard InChI is InChI=1S/C14H22N2O2/c1-10(2)18-13-6-4-5-12(8-13)9-16-11(3)7-14(15)17/h4-6,8,10-11,16H,7,9H2,1-3H3,(H2,15,17). The third-order valence-electron chi connectivity index (χ3n) is 2.43. The van der Waals surface area contributed by atoms with E-state index in [9.17, 15) is 4.79 Å². The molecule has 0 aliphatic carbocycles. The molecule has 0 bridgehead atoms. The summed E-state index contributed by atoms with van der Waals surface area (Å²) in [5.41, 5.74) is 6.27. The van der Waals surface area contributed by atoms with Crippen LogP contribution in [0.4, 0.5) is 0 Å². The van der Waals surface area contributed by atoms with Gasteiger partial charge in [-0.1, -0.05) is 12.1 Å². The summed E-state index contributed by atoms with van der Waals surface area (Å²) in [6.45, 7) is 6.64. The predicted molar refractivity (Wildman–Crippen MR) is 72.3 cm³/mol. The van der Waals surface area contributed by atoms with Gasteiger partial charge in [0.15, 0.2) is 0 Å². The SMILES string of the molecule is CC(CC(N)=O)NCc1cccc(OC(C)C)c1. The minimum absolute atomic E-state index is 0.0807. The molecule has 0 saturated heterocycles. The monoisotopic (exact) mass is 250 g/mol. The Hall–Kier alpha value is -1.55. The highest BCUT2D eigenvalue weighted by atomic mass is 16.5. The average molecular weight is 250 g/mol. The zero-order valence-electron chi connectivity index (χ0n) is 11.3. The van der Waals surface area contributed by atoms with E-state index in [1.165, 1.54) is 0 Å². The maximum atomic E-state index is 10.8. The molecule has 0 aliphatic heterocycles. The van der Waals surface area contributed by atoms with Gasteiger partial charge in [-0.25, -0.2) is 0 Å². The van der Waals surface area contributed by atoms with Crippen LogP contribution in [0.5, 0.6) is 5.75 Å². The first kappa shape index (κ1) is 14.5. The number of rotatable bonds is 7. The van der Waals surface area contributed by atoms with Crippen LogP contribution in [0.2, 0.25) is 0 Å². The molecule has 3 N–H and O–H groups in total. The number of amides is 1. The third-order valence-corrected chi connectivity index (χ3v) is 2.43. The van der Waals surface area contributed by atoms with Crippen LogP contribution in [0, 0.1) is 0 Å². The lowest BCUT2D eigenvalue weighted by Crippen LogP contribution is -2.30. The van der Waals surface area contributed by atoms with Crippen molar-refractivity contribution in [3.05, 3.63) is 29.8 Å². The molecule has 1 atom stereocenters. The minimum atomic E-state index is -0.285. The second-order valence-corrected chi connectivity index (χ2v) is 4.77. The predicted octanol–water partition coefficient (Wildman–Crippen LogP) is 1.83. The first-order chi connectivity index (χ1) is 8.47. The summed E-state index contributed by atoms with van der Waals surface area (Å²) < 4.78 is 5.62. The third kappa shape index (κ3) is 5.68. The highest BCUT2D eigenvalue weighted by Crippen LogP contribution is 2.14. The van der Waals surface area contributed by atoms with Gasteiger partial charge in [0.25, 0.3) is 0 Å². The highest BCUT2D eigenvalue weighted by Gasteiger charge is 2.05. The van der Waals surface area contributed by atoms with Crippen molar-refractivity contribution in [2.45, 2.75) is 45.9 Å². The van der Waals surface area contributed by atoms with Crippen molar-refractivity contribution < 1.29 is 9.53 Å². The molecule has 1 unspecified atom stereocenters. The normalized spacial score (nSPS) is 12.4. The molecule has 0 heterocycles. The van der Waals surface area contributed by atoms with Gasteiger partial charge in [-0.05, 0) is 38.5 Å². The largest absolute Gasteiger partial charge is 0.491 e. The van der Waals surface area contributed by atoms with Gasteiger partial charge in [0.1, 0.15) is 5.75 Å². The van der Waals surface area contributed by atoms with E-state index in [-0.39, 0.29) is 18.1 Å². The summed E-state index contributed by atoms with van der Waals surface area (Å²) in [4.78, 5) is 10.8. The molecule has 0 aromatic heterocycles. The van der Waals surface area contributed by atoms with E-state index >= 15 is 0 Å². The van der Waals surface area contributed by atoms with Gasteiger partial charge in [0.05, 0.1) is 6.10 Å². The quantitative estimate of drug-likeness (QED) is 0.776. The van der Waals surface area contributed by atoms with Gasteiger partial charge in [-0.3, -0.25) is 4.79 Å². The van der Waals surface area contributed by atoms with E-state index in [1.54, 1.807) is 0 Å². The Morgan fingerprint density at radius 3 is 2.72 bits per heavy atom. The Morgan fingerprint density at radius 2 is 2.11 bits per heavy atom. The van der Waals surface area contributed by atoms with Crippen LogP contribution in [0.3, 0.4) is 0 Å². The van der Waals surface area contributed by atoms with E-state index in [4.69, 9.17) is 10.5 Å². The molecule has 0 spiro atoms. The molecule has 0 saturated carbocycles. The van der Waals surface area contributed by atoms with E-state index in [0.717, 1.165) is 11.3 Å². The van der Waals surface area contributed by atoms with Crippen LogP contribution in [0.25, 0.3) is 0 Å². The minimum Gasteiger partial charge on any atom is -0.491 e. The number of nitrogens with one attached hydrogen (secondary N) is 1. The number of primary amides is 1. The van der Waals surface area contributed by atoms with Crippen LogP contribution in [0.15, 0.2) is 24.3 Å². The molecular weight excluding hydrogens is 228 g/mol. The van der Waals surface area contributed by atoms with Crippen molar-refractivity contribution >= 4 is 5.91 Å². The fourth-order valence-electron chi connectivity index (χ4n) is 1.67. The molecule has 4 heteroatoms. The Labute approximate surface area is 109 Å². The molecule has 0 aliphatic rings. The van der Waals surface area contributed by atoms with Crippen molar-refractivity contribution in [3.8, 4) is 5.75 Å². The van der Waals surface area contributed by atoms with Gasteiger partial charge in [0.2, 0.25) is 5.91 Å². The number of ether oxygens (including phenoxy) is 1. The molecular formula is C14H22N2O2. The lowest BCUT2D eigenvalue weighted by atomic mass is 10.2. The number of nitrogens with two attached hydrogens (primary N) is 1. The maximum Gasteiger partial charge on any atom is 0.218 e. The lowest BCUT2D eigenvalue weighted by Gasteiger charge is -2.14. The zero-order valence-corrected chi connectivity index (χ0v) is 11.3. The second-order valence-electron chi connectivity index (χ2n) is 4.77. The topological polar surface area (TPSA) is 64.4 Å². The summed E-state index contributed by atoms with van der Waals surface area (Å²) in [6.07, 6.45) is 0.518. The van der Waals surface area contributed by atoms with E-state index in [1.807, 2.05) is 45.0 Å². The molecule has 0 fully saturated rings. The fraction of sp³-hybridized carbons (Fsp3) is 0.500. The Morgan fingerprint density at radius 1 is 1.39 bits per heavy atom. The number of benzene rings is 1. The summed E-state index contributed by atoms with van der Waals surface area (Å²) in [7, 11) is 0. The highest BCUT2D eigenvalue weighted by molar-refractivity contribution is 5.74. The van der Waals surface area contributed by atoms with Crippen molar-refractivity contribution in [3.63, 3.8) is 0 Å². The number of hydrogen-bond donors (Lipinski definition) is 2. The van der Waals surface area contributed by atoms with Crippen LogP contribution in [-0.4, -0.2) is 18.1 Å². The van der Waals surface area contributed by atoms with E-state index in [0.29, 0.717) is 13.0 Å². The van der Waals surface area contributed by atoms with Crippen LogP contribution < -0.4 is 15.8 Å². The van der Waals surface area contributed by atoms with Gasteiger partial charge >= 0.3 is 0 Å². The second kappa shape index (κ2) is 7.01. The molecule has 1 amide bonds. The van der Waals surface area contributed by atoms with E-state index in [2.05, 4.69) is 5.32 Å². The van der Waals surface area contributed by atoms with Gasteiger partial charge in [-0.2, -0.15) is 0 Å². The van der Waals surface area contributed by atoms with E-state index < -0.39 is 0 Å². The Balaban J connectivity index is 2.49. The van der Waals surface area contributed by atoms with Gasteiger partial charge in [0, 0.05) is 19.0 Å². The number of carbonyl (C=O) groups is 1. The molecule has 1 rings (SSSR count). The van der Waals surface area contributed by atoms with Crippen molar-refractivity contribution in [2.24, 2.45) is 5.73 Å². The van der Waals surface area contributed by atoms with Crippen molar-refractivity contribution in [1.82, 2.24) is 5.32 Å². The van der Waals surface area contributed by atoms with Gasteiger partial charge < -0.3 is 15.8 Å². The number of hydrogen-bond acceptors (Lipinski definition) is 3. The Bertz CT molecular complexity index is 391. The summed E-state index contributed by atoms with van der Waals surface area (Å²) in [6, 6.07) is 8.02. The molecule has 1 aromatic rings. The Kier molecular flexibility index (Phi) is 5.65. The van der Waals surface area contributed by atoms with Crippen LogP contribution in [-0.2, 0) is 11.3 Å². The smallest absolute Gasteiger partial charge is 0.218 e. The summed E-state index contributed by atoms with van der Waals surface area (Å²) in [5.74, 6) is 0.582. The van der Waals surface area contributed by atoms with Crippen molar-refractivity contribution in [2.75, 3.05) is 0 Å². The first-order valence-electron chi connectivity index (χ1n) is 6.24. The average Bonchev–Trinajstić information content (AvgIpc) is 2.25. The maximum absolute atomic E-state index is 10.8. The van der Waals surface area contributed by atoms with Gasteiger partial charge in [-0.15, -0.1) is 0 Å². The molecule has 1 aromatic carbocycles. The lowest BCUT2D eigenvalue weighted by molar-refractivity contribution is -0.118. The first-order valence-corrected chi connectivity index (χ1v) is 6.24. The summed E-state index contributed by atoms with van der Waals surface area (Å²) >= 11 is 0. The van der Waals surface area contributed by atoms with Crippen LogP contribution >= 0.6 is 0 Å². The molecule has 18 heavy (non-hydrogen) atoms. The zero-order chi connectivity index (χ0) is 13.5. The fourth-order valence-corrected chi connectivity index (χ4v) is 1.67. The molecule has 100 valence electrons. The summed E-state index contributed by atoms with van der Waals surface area (Å²) in [5, 5.41) is 3.25. The molecule has 4 nitrogen and oxygen atoms in total. The number of carbonyl (C=O) groups excluding carboxylic acids is 1. The van der Waals surface area contributed by atoms with Crippen LogP contribution in [0.1, 0.15) is 32.8 Å². The van der Waals surface area contributed by atoms with Crippen molar-refractivity contribution in [1.29, 1.82) is 0 Å².